The highest BCUT2D eigenvalue weighted by molar-refractivity contribution is 6.49. The normalized spacial score (nSPS) is 18.5. The van der Waals surface area contributed by atoms with Crippen molar-refractivity contribution in [1.82, 2.24) is 0 Å². The Morgan fingerprint density at radius 3 is 2.20 bits per heavy atom. The van der Waals surface area contributed by atoms with Crippen LogP contribution in [0.5, 0.6) is 0 Å². The molecule has 0 heterocycles. The summed E-state index contributed by atoms with van der Waals surface area (Å²) in [5.74, 6) is 2.28. The summed E-state index contributed by atoms with van der Waals surface area (Å²) in [4.78, 5) is 0. The van der Waals surface area contributed by atoms with Crippen molar-refractivity contribution in [2.75, 3.05) is 0 Å². The summed E-state index contributed by atoms with van der Waals surface area (Å²) in [5.41, 5.74) is -1.76. The maximum atomic E-state index is 9.82. The Morgan fingerprint density at radius 2 is 1.80 bits per heavy atom. The molecule has 1 rings (SSSR count). The van der Waals surface area contributed by atoms with Crippen molar-refractivity contribution in [2.45, 2.75) is 51.7 Å². The van der Waals surface area contributed by atoms with Crippen LogP contribution in [0.25, 0.3) is 0 Å². The van der Waals surface area contributed by atoms with Crippen molar-refractivity contribution in [3.63, 3.8) is 0 Å². The molecule has 3 nitrogen and oxygen atoms in total. The zero-order chi connectivity index (χ0) is 11.7. The Bertz CT molecular complexity index is 239. The second-order valence-electron chi connectivity index (χ2n) is 5.30. The predicted molar refractivity (Wildman–Crippen MR) is 61.3 cm³/mol. The van der Waals surface area contributed by atoms with Crippen LogP contribution in [0, 0.1) is 5.92 Å². The van der Waals surface area contributed by atoms with E-state index >= 15 is 0 Å². The topological polar surface area (TPSA) is 49.7 Å². The molecule has 86 valence electrons. The van der Waals surface area contributed by atoms with Gasteiger partial charge in [0.15, 0.2) is 0 Å². The summed E-state index contributed by atoms with van der Waals surface area (Å²) in [6, 6.07) is 0. The van der Waals surface area contributed by atoms with Crippen LogP contribution in [-0.2, 0) is 4.65 Å². The molecule has 0 spiro atoms. The Balaban J connectivity index is 2.44. The van der Waals surface area contributed by atoms with E-state index in [-0.39, 0.29) is 0 Å². The number of hydrogen-bond donors (Lipinski definition) is 2. The fraction of sp³-hybridized carbons (Fsp3) is 0.818. The largest absolute Gasteiger partial charge is 0.483 e. The lowest BCUT2D eigenvalue weighted by Crippen LogP contribution is -2.50. The molecule has 0 aromatic heterocycles. The molecule has 0 bridgehead atoms. The summed E-state index contributed by atoms with van der Waals surface area (Å²) < 4.78 is 5.40. The highest BCUT2D eigenvalue weighted by Gasteiger charge is 2.38. The molecule has 1 aliphatic rings. The lowest BCUT2D eigenvalue weighted by atomic mass is 9.83. The van der Waals surface area contributed by atoms with Crippen LogP contribution in [0.3, 0.4) is 0 Å². The summed E-state index contributed by atoms with van der Waals surface area (Å²) in [5, 5.41) is 19.4. The van der Waals surface area contributed by atoms with E-state index in [2.05, 4.69) is 0 Å². The molecule has 0 saturated heterocycles. The Kier molecular flexibility index (Phi) is 3.64. The zero-order valence-corrected chi connectivity index (χ0v) is 10.0. The lowest BCUT2D eigenvalue weighted by Gasteiger charge is -2.38. The third-order valence-electron chi connectivity index (χ3n) is 3.06. The van der Waals surface area contributed by atoms with Gasteiger partial charge in [-0.3, -0.25) is 0 Å². The molecule has 15 heavy (non-hydrogen) atoms. The van der Waals surface area contributed by atoms with Crippen molar-refractivity contribution in [3.8, 4) is 0 Å². The molecule has 0 aliphatic heterocycles. The van der Waals surface area contributed by atoms with Gasteiger partial charge in [-0.15, -0.1) is 0 Å². The van der Waals surface area contributed by atoms with Gasteiger partial charge in [-0.2, -0.15) is 0 Å². The van der Waals surface area contributed by atoms with Gasteiger partial charge in [-0.1, -0.05) is 12.1 Å². The fourth-order valence-corrected chi connectivity index (χ4v) is 1.03. The van der Waals surface area contributed by atoms with Crippen molar-refractivity contribution in [2.24, 2.45) is 5.92 Å². The van der Waals surface area contributed by atoms with Crippen LogP contribution < -0.4 is 0 Å². The van der Waals surface area contributed by atoms with E-state index in [1.165, 1.54) is 12.8 Å². The van der Waals surface area contributed by atoms with E-state index in [1.807, 2.05) is 6.08 Å². The van der Waals surface area contributed by atoms with Crippen LogP contribution in [0.2, 0.25) is 0 Å². The molecule has 0 aromatic carbocycles. The second-order valence-corrected chi connectivity index (χ2v) is 5.30. The lowest BCUT2D eigenvalue weighted by molar-refractivity contribution is -0.0984. The molecule has 0 aromatic rings. The molecule has 1 saturated carbocycles. The van der Waals surface area contributed by atoms with Crippen LogP contribution in [0.1, 0.15) is 40.5 Å². The Labute approximate surface area is 92.3 Å². The molecular formula is C11H21BO3. The predicted octanol–water partition coefficient (Wildman–Crippen LogP) is 1.54. The van der Waals surface area contributed by atoms with E-state index in [0.29, 0.717) is 5.92 Å². The van der Waals surface area contributed by atoms with E-state index < -0.39 is 18.3 Å². The summed E-state index contributed by atoms with van der Waals surface area (Å²) in [6.07, 6.45) is 4.39. The Morgan fingerprint density at radius 1 is 1.27 bits per heavy atom. The van der Waals surface area contributed by atoms with Gasteiger partial charge in [-0.05, 0) is 46.5 Å². The van der Waals surface area contributed by atoms with Gasteiger partial charge in [0.05, 0.1) is 11.2 Å². The monoisotopic (exact) mass is 212 g/mol. The standard InChI is InChI=1S/C11H21BO3/c1-10(2,13)11(3,4)15-12(14)8-7-9-5-6-9/h7-9,13-14H,5-6H2,1-4H3. The number of hydrogen-bond acceptors (Lipinski definition) is 3. The minimum atomic E-state index is -0.985. The first kappa shape index (κ1) is 12.8. The number of aliphatic hydroxyl groups is 1. The van der Waals surface area contributed by atoms with Crippen molar-refractivity contribution >= 4 is 7.12 Å². The van der Waals surface area contributed by atoms with E-state index in [0.717, 1.165) is 0 Å². The fourth-order valence-electron chi connectivity index (χ4n) is 1.03. The third kappa shape index (κ3) is 3.97. The van der Waals surface area contributed by atoms with Crippen molar-refractivity contribution in [1.29, 1.82) is 0 Å². The van der Waals surface area contributed by atoms with Gasteiger partial charge in [0.25, 0.3) is 0 Å². The first-order chi connectivity index (χ1) is 6.72. The molecule has 0 amide bonds. The minimum absolute atomic E-state index is 0.619. The quantitative estimate of drug-likeness (QED) is 0.679. The second kappa shape index (κ2) is 4.28. The minimum Gasteiger partial charge on any atom is -0.423 e. The summed E-state index contributed by atoms with van der Waals surface area (Å²) in [6.45, 7) is 6.87. The molecule has 0 atom stereocenters. The average Bonchev–Trinajstić information content (AvgIpc) is 2.80. The maximum absolute atomic E-state index is 9.82. The van der Waals surface area contributed by atoms with E-state index in [1.54, 1.807) is 33.7 Å². The highest BCUT2D eigenvalue weighted by Crippen LogP contribution is 2.30. The smallest absolute Gasteiger partial charge is 0.423 e. The van der Waals surface area contributed by atoms with Crippen molar-refractivity contribution < 1.29 is 14.8 Å². The molecule has 0 unspecified atom stereocenters. The number of allylic oxidation sites excluding steroid dienone is 1. The average molecular weight is 212 g/mol. The summed E-state index contributed by atoms with van der Waals surface area (Å²) >= 11 is 0. The van der Waals surface area contributed by atoms with Gasteiger partial charge in [0, 0.05) is 0 Å². The van der Waals surface area contributed by atoms with Gasteiger partial charge in [0.2, 0.25) is 0 Å². The number of rotatable bonds is 5. The SMILES string of the molecule is CC(C)(O)C(C)(C)OB(O)C=CC1CC1. The first-order valence-electron chi connectivity index (χ1n) is 5.49. The van der Waals surface area contributed by atoms with Gasteiger partial charge >= 0.3 is 7.12 Å². The van der Waals surface area contributed by atoms with Crippen LogP contribution in [0.15, 0.2) is 12.1 Å². The van der Waals surface area contributed by atoms with E-state index in [9.17, 15) is 10.1 Å². The summed E-state index contributed by atoms with van der Waals surface area (Å²) in [7, 11) is -0.938. The molecule has 1 fully saturated rings. The molecule has 2 N–H and O–H groups in total. The third-order valence-corrected chi connectivity index (χ3v) is 3.06. The van der Waals surface area contributed by atoms with Crippen LogP contribution in [-0.4, -0.2) is 28.5 Å². The molecular weight excluding hydrogens is 191 g/mol. The van der Waals surface area contributed by atoms with Gasteiger partial charge < -0.3 is 14.8 Å². The van der Waals surface area contributed by atoms with Crippen molar-refractivity contribution in [3.05, 3.63) is 12.1 Å². The van der Waals surface area contributed by atoms with Gasteiger partial charge in [-0.25, -0.2) is 0 Å². The zero-order valence-electron chi connectivity index (χ0n) is 10.0. The van der Waals surface area contributed by atoms with Crippen LogP contribution >= 0.6 is 0 Å². The first-order valence-corrected chi connectivity index (χ1v) is 5.49. The maximum Gasteiger partial charge on any atom is 0.483 e. The van der Waals surface area contributed by atoms with E-state index in [4.69, 9.17) is 4.65 Å². The molecule has 0 radical (unpaired) electrons. The Hall–Kier alpha value is -0.315. The van der Waals surface area contributed by atoms with Crippen LogP contribution in [0.4, 0.5) is 0 Å². The molecule has 1 aliphatic carbocycles. The van der Waals surface area contributed by atoms with Gasteiger partial charge in [0.1, 0.15) is 0 Å². The highest BCUT2D eigenvalue weighted by atomic mass is 16.5. The molecule has 4 heteroatoms.